The summed E-state index contributed by atoms with van der Waals surface area (Å²) >= 11 is 0. The maximum atomic E-state index is 11.8. The zero-order valence-electron chi connectivity index (χ0n) is 7.83. The van der Waals surface area contributed by atoms with Crippen LogP contribution in [0.4, 0.5) is 13.2 Å². The van der Waals surface area contributed by atoms with E-state index in [4.69, 9.17) is 0 Å². The second-order valence-corrected chi connectivity index (χ2v) is 3.91. The zero-order chi connectivity index (χ0) is 9.99. The van der Waals surface area contributed by atoms with Crippen molar-refractivity contribution in [1.29, 1.82) is 0 Å². The Morgan fingerprint density at radius 1 is 1.17 bits per heavy atom. The quantitative estimate of drug-likeness (QED) is 0.653. The fourth-order valence-electron chi connectivity index (χ4n) is 1.34. The molecule has 0 amide bonds. The molecule has 0 atom stereocenters. The lowest BCUT2D eigenvalue weighted by atomic mass is 9.96. The predicted octanol–water partition coefficient (Wildman–Crippen LogP) is 3.35. The molecule has 0 unspecified atom stereocenters. The minimum atomic E-state index is -4.53. The third-order valence-electron chi connectivity index (χ3n) is 1.29. The van der Waals surface area contributed by atoms with Crippen LogP contribution >= 0.6 is 0 Å². The van der Waals surface area contributed by atoms with Gasteiger partial charge in [-0.25, -0.2) is 0 Å². The first-order valence-electron chi connectivity index (χ1n) is 3.89. The third kappa shape index (κ3) is 6.46. The van der Waals surface area contributed by atoms with E-state index in [1.165, 1.54) is 13.8 Å². The van der Waals surface area contributed by atoms with Gasteiger partial charge >= 0.3 is 6.36 Å². The molecule has 0 aromatic rings. The van der Waals surface area contributed by atoms with Crippen LogP contribution in [0.25, 0.3) is 0 Å². The fourth-order valence-corrected chi connectivity index (χ4v) is 1.34. The summed E-state index contributed by atoms with van der Waals surface area (Å²) in [7, 11) is 0. The van der Waals surface area contributed by atoms with E-state index in [2.05, 4.69) is 4.74 Å². The van der Waals surface area contributed by atoms with Gasteiger partial charge in [0.2, 0.25) is 0 Å². The number of halogens is 3. The molecule has 74 valence electrons. The second kappa shape index (κ2) is 3.64. The number of hydrogen-bond acceptors (Lipinski definition) is 1. The average molecular weight is 184 g/mol. The molecular weight excluding hydrogens is 169 g/mol. The van der Waals surface area contributed by atoms with Crippen molar-refractivity contribution in [3.63, 3.8) is 0 Å². The van der Waals surface area contributed by atoms with E-state index >= 15 is 0 Å². The van der Waals surface area contributed by atoms with Gasteiger partial charge in [-0.2, -0.15) is 0 Å². The number of rotatable bonds is 3. The molecule has 0 saturated heterocycles. The van der Waals surface area contributed by atoms with Crippen molar-refractivity contribution in [2.75, 3.05) is 0 Å². The molecule has 0 aliphatic heterocycles. The number of ether oxygens (including phenoxy) is 1. The highest BCUT2D eigenvalue weighted by atomic mass is 19.4. The SMILES string of the molecule is CC(C)CC(C)(C)OC(F)(F)F. The molecule has 12 heavy (non-hydrogen) atoms. The maximum Gasteiger partial charge on any atom is 0.523 e. The summed E-state index contributed by atoms with van der Waals surface area (Å²) in [4.78, 5) is 0. The summed E-state index contributed by atoms with van der Waals surface area (Å²) in [5, 5.41) is 0. The highest BCUT2D eigenvalue weighted by Gasteiger charge is 2.37. The molecule has 0 fully saturated rings. The van der Waals surface area contributed by atoms with E-state index in [0.717, 1.165) is 0 Å². The molecule has 0 aliphatic carbocycles. The Morgan fingerprint density at radius 2 is 1.58 bits per heavy atom. The molecule has 0 heterocycles. The summed E-state index contributed by atoms with van der Waals surface area (Å²) in [6.07, 6.45) is -4.13. The maximum absolute atomic E-state index is 11.8. The van der Waals surface area contributed by atoms with Crippen molar-refractivity contribution < 1.29 is 17.9 Å². The molecule has 0 radical (unpaired) electrons. The monoisotopic (exact) mass is 184 g/mol. The first-order chi connectivity index (χ1) is 5.12. The largest absolute Gasteiger partial charge is 0.523 e. The molecule has 0 saturated carbocycles. The van der Waals surface area contributed by atoms with Crippen LogP contribution in [0.5, 0.6) is 0 Å². The predicted molar refractivity (Wildman–Crippen MR) is 40.7 cm³/mol. The lowest BCUT2D eigenvalue weighted by Crippen LogP contribution is -2.33. The summed E-state index contributed by atoms with van der Waals surface area (Å²) in [5.74, 6) is 0.197. The summed E-state index contributed by atoms with van der Waals surface area (Å²) < 4.78 is 39.3. The average Bonchev–Trinajstić information content (AvgIpc) is 1.48. The van der Waals surface area contributed by atoms with Gasteiger partial charge in [0.25, 0.3) is 0 Å². The van der Waals surface area contributed by atoms with Crippen LogP contribution in [0.3, 0.4) is 0 Å². The van der Waals surface area contributed by atoms with E-state index in [9.17, 15) is 13.2 Å². The smallest absolute Gasteiger partial charge is 0.286 e. The molecule has 0 rings (SSSR count). The minimum absolute atomic E-state index is 0.197. The van der Waals surface area contributed by atoms with E-state index < -0.39 is 12.0 Å². The Labute approximate surface area is 70.9 Å². The summed E-state index contributed by atoms with van der Waals surface area (Å²) in [6, 6.07) is 0. The van der Waals surface area contributed by atoms with Gasteiger partial charge in [-0.1, -0.05) is 13.8 Å². The van der Waals surface area contributed by atoms with E-state index in [1.807, 2.05) is 13.8 Å². The van der Waals surface area contributed by atoms with Crippen LogP contribution in [0.1, 0.15) is 34.1 Å². The lowest BCUT2D eigenvalue weighted by Gasteiger charge is -2.27. The van der Waals surface area contributed by atoms with Crippen LogP contribution in [-0.4, -0.2) is 12.0 Å². The first-order valence-corrected chi connectivity index (χ1v) is 3.89. The van der Waals surface area contributed by atoms with E-state index in [1.54, 1.807) is 0 Å². The van der Waals surface area contributed by atoms with Crippen LogP contribution < -0.4 is 0 Å². The highest BCUT2D eigenvalue weighted by molar-refractivity contribution is 4.70. The molecule has 0 aromatic heterocycles. The Balaban J connectivity index is 4.04. The summed E-state index contributed by atoms with van der Waals surface area (Å²) in [5.41, 5.74) is -1.12. The van der Waals surface area contributed by atoms with Crippen LogP contribution in [0.2, 0.25) is 0 Å². The Morgan fingerprint density at radius 3 is 1.83 bits per heavy atom. The molecule has 0 N–H and O–H groups in total. The lowest BCUT2D eigenvalue weighted by molar-refractivity contribution is -0.362. The van der Waals surface area contributed by atoms with Crippen LogP contribution in [-0.2, 0) is 4.74 Å². The van der Waals surface area contributed by atoms with Gasteiger partial charge in [0.15, 0.2) is 0 Å². The molecule has 1 nitrogen and oxygen atoms in total. The van der Waals surface area contributed by atoms with Gasteiger partial charge in [-0.15, -0.1) is 13.2 Å². The second-order valence-electron chi connectivity index (χ2n) is 3.91. The van der Waals surface area contributed by atoms with Crippen molar-refractivity contribution in [3.8, 4) is 0 Å². The third-order valence-corrected chi connectivity index (χ3v) is 1.29. The minimum Gasteiger partial charge on any atom is -0.286 e. The Hall–Kier alpha value is -0.250. The molecular formula is C8H15F3O. The van der Waals surface area contributed by atoms with Gasteiger partial charge in [0.05, 0.1) is 5.60 Å². The normalized spacial score (nSPS) is 14.0. The highest BCUT2D eigenvalue weighted by Crippen LogP contribution is 2.29. The van der Waals surface area contributed by atoms with Crippen molar-refractivity contribution in [2.45, 2.75) is 46.1 Å². The van der Waals surface area contributed by atoms with Gasteiger partial charge in [0.1, 0.15) is 0 Å². The topological polar surface area (TPSA) is 9.23 Å². The van der Waals surface area contributed by atoms with Crippen molar-refractivity contribution in [1.82, 2.24) is 0 Å². The van der Waals surface area contributed by atoms with Crippen molar-refractivity contribution in [3.05, 3.63) is 0 Å². The zero-order valence-corrected chi connectivity index (χ0v) is 7.83. The van der Waals surface area contributed by atoms with Crippen molar-refractivity contribution in [2.24, 2.45) is 5.92 Å². The van der Waals surface area contributed by atoms with Gasteiger partial charge in [-0.05, 0) is 26.2 Å². The van der Waals surface area contributed by atoms with Crippen LogP contribution in [0.15, 0.2) is 0 Å². The van der Waals surface area contributed by atoms with Crippen molar-refractivity contribution >= 4 is 0 Å². The van der Waals surface area contributed by atoms with Gasteiger partial charge < -0.3 is 0 Å². The molecule has 0 spiro atoms. The molecule has 0 aliphatic rings. The Kier molecular flexibility index (Phi) is 3.57. The molecule has 0 aromatic carbocycles. The number of hydrogen-bond donors (Lipinski definition) is 0. The van der Waals surface area contributed by atoms with E-state index in [0.29, 0.717) is 6.42 Å². The Bertz CT molecular complexity index is 138. The van der Waals surface area contributed by atoms with Gasteiger partial charge in [0, 0.05) is 0 Å². The van der Waals surface area contributed by atoms with Crippen LogP contribution in [0, 0.1) is 5.92 Å². The first kappa shape index (κ1) is 11.8. The van der Waals surface area contributed by atoms with E-state index in [-0.39, 0.29) is 5.92 Å². The summed E-state index contributed by atoms with van der Waals surface area (Å²) in [6.45, 7) is 6.62. The molecule has 4 heteroatoms. The number of alkyl halides is 3. The fraction of sp³-hybridized carbons (Fsp3) is 1.00. The molecule has 0 bridgehead atoms. The standard InChI is InChI=1S/C8H15F3O/c1-6(2)5-7(3,4)12-8(9,10)11/h6H,5H2,1-4H3. The van der Waals surface area contributed by atoms with Gasteiger partial charge in [-0.3, -0.25) is 4.74 Å².